The van der Waals surface area contributed by atoms with Crippen molar-refractivity contribution in [2.45, 2.75) is 6.42 Å². The normalized spacial score (nSPS) is 10.3. The van der Waals surface area contributed by atoms with Gasteiger partial charge in [-0.05, 0) is 42.3 Å². The number of carbonyl (C=O) groups excluding carboxylic acids is 3. The first-order chi connectivity index (χ1) is 14.5. The number of ether oxygens (including phenoxy) is 1. The van der Waals surface area contributed by atoms with Crippen LogP contribution in [0, 0.1) is 0 Å². The molecular formula is C22H19ClN2O4S. The van der Waals surface area contributed by atoms with Crippen LogP contribution >= 0.6 is 22.9 Å². The molecule has 3 aromatic rings. The van der Waals surface area contributed by atoms with Crippen LogP contribution in [0.25, 0.3) is 0 Å². The summed E-state index contributed by atoms with van der Waals surface area (Å²) in [4.78, 5) is 36.6. The lowest BCUT2D eigenvalue weighted by molar-refractivity contribution is 0.0600. The Balaban J connectivity index is 1.64. The number of anilines is 1. The van der Waals surface area contributed by atoms with Gasteiger partial charge in [0.05, 0.1) is 22.6 Å². The van der Waals surface area contributed by atoms with Gasteiger partial charge in [-0.1, -0.05) is 41.9 Å². The van der Waals surface area contributed by atoms with Gasteiger partial charge in [-0.25, -0.2) is 4.79 Å². The maximum absolute atomic E-state index is 12.6. The van der Waals surface area contributed by atoms with Gasteiger partial charge < -0.3 is 15.4 Å². The largest absolute Gasteiger partial charge is 0.465 e. The first-order valence-electron chi connectivity index (χ1n) is 9.09. The summed E-state index contributed by atoms with van der Waals surface area (Å²) in [6.45, 7) is 0.457. The molecule has 0 aliphatic rings. The van der Waals surface area contributed by atoms with Crippen LogP contribution in [0.3, 0.4) is 0 Å². The summed E-state index contributed by atoms with van der Waals surface area (Å²) in [5.41, 5.74) is 2.09. The highest BCUT2D eigenvalue weighted by atomic mass is 35.5. The second kappa shape index (κ2) is 10.0. The lowest BCUT2D eigenvalue weighted by Crippen LogP contribution is -2.26. The van der Waals surface area contributed by atoms with E-state index in [9.17, 15) is 14.4 Å². The summed E-state index contributed by atoms with van der Waals surface area (Å²) in [6.07, 6.45) is 0.693. The summed E-state index contributed by atoms with van der Waals surface area (Å²) in [5.74, 6) is -1.21. The number of nitrogens with one attached hydrogen (secondary N) is 2. The zero-order valence-electron chi connectivity index (χ0n) is 16.1. The molecule has 2 N–H and O–H groups in total. The molecule has 30 heavy (non-hydrogen) atoms. The maximum atomic E-state index is 12.6. The van der Waals surface area contributed by atoms with Gasteiger partial charge in [-0.15, -0.1) is 11.3 Å². The van der Waals surface area contributed by atoms with Crippen LogP contribution in [0.5, 0.6) is 0 Å². The van der Waals surface area contributed by atoms with Crippen molar-refractivity contribution in [3.8, 4) is 0 Å². The van der Waals surface area contributed by atoms with Crippen LogP contribution in [-0.4, -0.2) is 31.4 Å². The molecular weight excluding hydrogens is 424 g/mol. The topological polar surface area (TPSA) is 84.5 Å². The van der Waals surface area contributed by atoms with Crippen LogP contribution in [0.4, 0.5) is 5.00 Å². The van der Waals surface area contributed by atoms with Crippen molar-refractivity contribution in [2.24, 2.45) is 0 Å². The van der Waals surface area contributed by atoms with Crippen LogP contribution < -0.4 is 10.6 Å². The molecule has 3 rings (SSSR count). The minimum atomic E-state index is -0.485. The standard InChI is InChI=1S/C22H19ClN2O4S/c1-29-22(28)16-9-7-15(8-10-16)19(26)25-21-17(13-18(23)30-21)20(27)24-12-11-14-5-3-2-4-6-14/h2-10,13H,11-12H2,1H3,(H,24,27)(H,25,26). The van der Waals surface area contributed by atoms with Gasteiger partial charge >= 0.3 is 5.97 Å². The molecule has 1 aromatic heterocycles. The molecule has 8 heteroatoms. The molecule has 0 aliphatic carbocycles. The average molecular weight is 443 g/mol. The summed E-state index contributed by atoms with van der Waals surface area (Å²) in [6, 6.07) is 17.4. The van der Waals surface area contributed by atoms with E-state index < -0.39 is 11.9 Å². The summed E-state index contributed by atoms with van der Waals surface area (Å²) >= 11 is 7.18. The van der Waals surface area contributed by atoms with Gasteiger partial charge in [0, 0.05) is 12.1 Å². The van der Waals surface area contributed by atoms with Gasteiger partial charge in [-0.3, -0.25) is 9.59 Å². The third kappa shape index (κ3) is 5.46. The molecule has 0 bridgehead atoms. The quantitative estimate of drug-likeness (QED) is 0.531. The molecule has 0 atom stereocenters. The molecule has 0 radical (unpaired) electrons. The number of methoxy groups -OCH3 is 1. The summed E-state index contributed by atoms with van der Waals surface area (Å²) in [5, 5.41) is 5.92. The molecule has 1 heterocycles. The molecule has 2 aromatic carbocycles. The number of esters is 1. The van der Waals surface area contributed by atoms with Crippen molar-refractivity contribution >= 4 is 45.7 Å². The van der Waals surface area contributed by atoms with Crippen molar-refractivity contribution in [2.75, 3.05) is 19.0 Å². The van der Waals surface area contributed by atoms with Crippen molar-refractivity contribution < 1.29 is 19.1 Å². The Morgan fingerprint density at radius 1 is 0.967 bits per heavy atom. The Bertz CT molecular complexity index is 1050. The Morgan fingerprint density at radius 2 is 1.63 bits per heavy atom. The van der Waals surface area contributed by atoms with Gasteiger partial charge in [-0.2, -0.15) is 0 Å². The van der Waals surface area contributed by atoms with Gasteiger partial charge in [0.2, 0.25) is 0 Å². The minimum absolute atomic E-state index is 0.303. The maximum Gasteiger partial charge on any atom is 0.337 e. The highest BCUT2D eigenvalue weighted by Gasteiger charge is 2.18. The Labute approximate surface area is 182 Å². The average Bonchev–Trinajstić information content (AvgIpc) is 3.14. The van der Waals surface area contributed by atoms with Gasteiger partial charge in [0.15, 0.2) is 0 Å². The monoisotopic (exact) mass is 442 g/mol. The first kappa shape index (κ1) is 21.5. The van der Waals surface area contributed by atoms with E-state index in [-0.39, 0.29) is 5.91 Å². The number of hydrogen-bond acceptors (Lipinski definition) is 5. The predicted molar refractivity (Wildman–Crippen MR) is 118 cm³/mol. The molecule has 0 spiro atoms. The zero-order chi connectivity index (χ0) is 21.5. The number of halogens is 1. The number of benzene rings is 2. The lowest BCUT2D eigenvalue weighted by Gasteiger charge is -2.08. The molecule has 0 aliphatic heterocycles. The third-order valence-corrected chi connectivity index (χ3v) is 5.46. The van der Waals surface area contributed by atoms with Crippen molar-refractivity contribution in [3.05, 3.63) is 87.3 Å². The van der Waals surface area contributed by atoms with Crippen molar-refractivity contribution in [1.29, 1.82) is 0 Å². The summed E-state index contributed by atoms with van der Waals surface area (Å²) < 4.78 is 5.03. The molecule has 2 amide bonds. The smallest absolute Gasteiger partial charge is 0.337 e. The van der Waals surface area contributed by atoms with E-state index in [1.54, 1.807) is 0 Å². The Kier molecular flexibility index (Phi) is 7.21. The number of hydrogen-bond donors (Lipinski definition) is 2. The van der Waals surface area contributed by atoms with E-state index in [2.05, 4.69) is 15.4 Å². The van der Waals surface area contributed by atoms with E-state index >= 15 is 0 Å². The Hall–Kier alpha value is -3.16. The molecule has 0 saturated heterocycles. The molecule has 154 valence electrons. The van der Waals surface area contributed by atoms with Gasteiger partial charge in [0.1, 0.15) is 5.00 Å². The fourth-order valence-electron chi connectivity index (χ4n) is 2.73. The molecule has 6 nitrogen and oxygen atoms in total. The predicted octanol–water partition coefficient (Wildman–Crippen LogP) is 4.41. The van der Waals surface area contributed by atoms with Crippen LogP contribution in [-0.2, 0) is 11.2 Å². The second-order valence-corrected chi connectivity index (χ2v) is 7.99. The van der Waals surface area contributed by atoms with E-state index in [1.165, 1.54) is 37.4 Å². The number of amides is 2. The van der Waals surface area contributed by atoms with Crippen LogP contribution in [0.15, 0.2) is 60.7 Å². The fourth-order valence-corrected chi connectivity index (χ4v) is 3.85. The van der Waals surface area contributed by atoms with Crippen LogP contribution in [0.2, 0.25) is 4.34 Å². The van der Waals surface area contributed by atoms with E-state index in [0.29, 0.717) is 39.0 Å². The summed E-state index contributed by atoms with van der Waals surface area (Å²) in [7, 11) is 1.29. The Morgan fingerprint density at radius 3 is 2.30 bits per heavy atom. The van der Waals surface area contributed by atoms with E-state index in [4.69, 9.17) is 11.6 Å². The zero-order valence-corrected chi connectivity index (χ0v) is 17.7. The fraction of sp³-hybridized carbons (Fsp3) is 0.136. The number of thiophene rings is 1. The highest BCUT2D eigenvalue weighted by molar-refractivity contribution is 7.20. The molecule has 0 fully saturated rings. The number of rotatable bonds is 7. The third-order valence-electron chi connectivity index (χ3n) is 4.28. The van der Waals surface area contributed by atoms with E-state index in [1.807, 2.05) is 30.3 Å². The lowest BCUT2D eigenvalue weighted by atomic mass is 10.1. The number of carbonyl (C=O) groups is 3. The van der Waals surface area contributed by atoms with E-state index in [0.717, 1.165) is 16.9 Å². The van der Waals surface area contributed by atoms with Crippen molar-refractivity contribution in [1.82, 2.24) is 5.32 Å². The minimum Gasteiger partial charge on any atom is -0.465 e. The van der Waals surface area contributed by atoms with Crippen LogP contribution in [0.1, 0.15) is 36.6 Å². The molecule has 0 saturated carbocycles. The van der Waals surface area contributed by atoms with Gasteiger partial charge in [0.25, 0.3) is 11.8 Å². The SMILES string of the molecule is COC(=O)c1ccc(C(=O)Nc2sc(Cl)cc2C(=O)NCCc2ccccc2)cc1. The second-order valence-electron chi connectivity index (χ2n) is 6.31. The molecule has 0 unspecified atom stereocenters. The first-order valence-corrected chi connectivity index (χ1v) is 10.3. The highest BCUT2D eigenvalue weighted by Crippen LogP contribution is 2.32. The van der Waals surface area contributed by atoms with Crippen molar-refractivity contribution in [3.63, 3.8) is 0 Å².